The second-order valence-electron chi connectivity index (χ2n) is 8.66. The largest absolute Gasteiger partial charge is 0.344 e. The molecule has 8 nitrogen and oxygen atoms in total. The molecule has 1 spiro atoms. The van der Waals surface area contributed by atoms with Crippen molar-refractivity contribution < 1.29 is 19.2 Å². The van der Waals surface area contributed by atoms with E-state index in [2.05, 4.69) is 23.0 Å². The van der Waals surface area contributed by atoms with Crippen LogP contribution >= 0.6 is 0 Å². The van der Waals surface area contributed by atoms with Crippen LogP contribution in [0.2, 0.25) is 0 Å². The van der Waals surface area contributed by atoms with Gasteiger partial charge in [-0.15, -0.1) is 0 Å². The van der Waals surface area contributed by atoms with E-state index in [-0.39, 0.29) is 11.8 Å². The molecule has 2 aliphatic carbocycles. The van der Waals surface area contributed by atoms with E-state index < -0.39 is 23.4 Å². The van der Waals surface area contributed by atoms with Crippen LogP contribution in [0.4, 0.5) is 10.5 Å². The predicted molar refractivity (Wildman–Crippen MR) is 106 cm³/mol. The van der Waals surface area contributed by atoms with Crippen molar-refractivity contribution >= 4 is 29.4 Å². The fourth-order valence-corrected chi connectivity index (χ4v) is 4.11. The standard InChI is InChI=1S/C21H26N4O4/c1-12-7-9-21(10-8-12)19(28)25(20(29)23-21)24-17(26)14-3-5-15(6-4-14)22-18(27)16-11-13(16)2/h3-6,12-13,16H,7-11H2,1-2H3,(H,22,27)(H,23,29)(H,24,26). The molecule has 154 valence electrons. The van der Waals surface area contributed by atoms with Gasteiger partial charge in [0.15, 0.2) is 0 Å². The number of urea groups is 1. The highest BCUT2D eigenvalue weighted by molar-refractivity contribution is 6.09. The minimum atomic E-state index is -0.898. The highest BCUT2D eigenvalue weighted by Crippen LogP contribution is 2.38. The Morgan fingerprint density at radius 3 is 2.31 bits per heavy atom. The Bertz CT molecular complexity index is 858. The Morgan fingerprint density at radius 1 is 1.10 bits per heavy atom. The van der Waals surface area contributed by atoms with Crippen molar-refractivity contribution in [1.29, 1.82) is 0 Å². The lowest BCUT2D eigenvalue weighted by Crippen LogP contribution is -2.51. The summed E-state index contributed by atoms with van der Waals surface area (Å²) < 4.78 is 0. The van der Waals surface area contributed by atoms with E-state index in [1.54, 1.807) is 24.3 Å². The number of amides is 5. The zero-order chi connectivity index (χ0) is 20.8. The number of benzene rings is 1. The number of hydrazine groups is 1. The van der Waals surface area contributed by atoms with Crippen LogP contribution in [0.25, 0.3) is 0 Å². The number of anilines is 1. The van der Waals surface area contributed by atoms with Gasteiger partial charge < -0.3 is 10.6 Å². The zero-order valence-electron chi connectivity index (χ0n) is 16.7. The van der Waals surface area contributed by atoms with Crippen LogP contribution in [0.15, 0.2) is 24.3 Å². The van der Waals surface area contributed by atoms with E-state index in [0.717, 1.165) is 24.3 Å². The van der Waals surface area contributed by atoms with Gasteiger partial charge in [-0.05, 0) is 68.2 Å². The molecule has 3 aliphatic rings. The van der Waals surface area contributed by atoms with Gasteiger partial charge in [-0.25, -0.2) is 4.79 Å². The SMILES string of the molecule is CC1CCC2(CC1)NC(=O)N(NC(=O)c1ccc(NC(=O)C3CC3C)cc1)C2=O. The highest BCUT2D eigenvalue weighted by atomic mass is 16.2. The fourth-order valence-electron chi connectivity index (χ4n) is 4.11. The molecule has 2 unspecified atom stereocenters. The summed E-state index contributed by atoms with van der Waals surface area (Å²) in [6.07, 6.45) is 3.79. The first-order chi connectivity index (χ1) is 13.8. The Morgan fingerprint density at radius 2 is 1.72 bits per heavy atom. The van der Waals surface area contributed by atoms with Crippen LogP contribution in [-0.2, 0) is 9.59 Å². The first kappa shape index (κ1) is 19.4. The lowest BCUT2D eigenvalue weighted by atomic mass is 9.77. The Balaban J connectivity index is 1.38. The van der Waals surface area contributed by atoms with Crippen LogP contribution < -0.4 is 16.1 Å². The maximum atomic E-state index is 12.8. The normalized spacial score (nSPS) is 30.8. The number of imide groups is 1. The van der Waals surface area contributed by atoms with Crippen molar-refractivity contribution in [2.75, 3.05) is 5.32 Å². The minimum absolute atomic E-state index is 0.0128. The second kappa shape index (κ2) is 7.17. The molecule has 0 radical (unpaired) electrons. The summed E-state index contributed by atoms with van der Waals surface area (Å²) in [5.74, 6) is 0.0402. The van der Waals surface area contributed by atoms with Gasteiger partial charge in [0, 0.05) is 17.2 Å². The van der Waals surface area contributed by atoms with Gasteiger partial charge >= 0.3 is 6.03 Å². The molecule has 1 heterocycles. The third-order valence-electron chi connectivity index (χ3n) is 6.36. The van der Waals surface area contributed by atoms with Gasteiger partial charge in [0.05, 0.1) is 0 Å². The van der Waals surface area contributed by atoms with Crippen LogP contribution in [-0.4, -0.2) is 34.3 Å². The molecule has 2 saturated carbocycles. The number of hydrogen-bond acceptors (Lipinski definition) is 4. The number of hydrogen-bond donors (Lipinski definition) is 3. The first-order valence-electron chi connectivity index (χ1n) is 10.2. The summed E-state index contributed by atoms with van der Waals surface area (Å²) >= 11 is 0. The van der Waals surface area contributed by atoms with Gasteiger partial charge in [0.2, 0.25) is 5.91 Å². The van der Waals surface area contributed by atoms with Gasteiger partial charge in [-0.3, -0.25) is 19.8 Å². The smallest absolute Gasteiger partial charge is 0.326 e. The van der Waals surface area contributed by atoms with E-state index in [0.29, 0.717) is 35.9 Å². The van der Waals surface area contributed by atoms with Crippen molar-refractivity contribution in [2.45, 2.75) is 51.5 Å². The van der Waals surface area contributed by atoms with Gasteiger partial charge in [-0.2, -0.15) is 5.01 Å². The maximum Gasteiger partial charge on any atom is 0.344 e. The van der Waals surface area contributed by atoms with E-state index in [1.165, 1.54) is 0 Å². The molecule has 0 aromatic heterocycles. The number of carbonyl (C=O) groups is 4. The van der Waals surface area contributed by atoms with E-state index in [4.69, 9.17) is 0 Å². The lowest BCUT2D eigenvalue weighted by Gasteiger charge is -2.33. The maximum absolute atomic E-state index is 12.8. The molecule has 3 fully saturated rings. The van der Waals surface area contributed by atoms with Crippen molar-refractivity contribution in [3.05, 3.63) is 29.8 Å². The summed E-state index contributed by atoms with van der Waals surface area (Å²) in [4.78, 5) is 49.7. The number of carbonyl (C=O) groups excluding carboxylic acids is 4. The quantitative estimate of drug-likeness (QED) is 0.677. The van der Waals surface area contributed by atoms with Crippen molar-refractivity contribution in [2.24, 2.45) is 17.8 Å². The molecule has 3 N–H and O–H groups in total. The second-order valence-corrected chi connectivity index (χ2v) is 8.66. The molecule has 1 aromatic carbocycles. The minimum Gasteiger partial charge on any atom is -0.326 e. The Hall–Kier alpha value is -2.90. The average Bonchev–Trinajstić information content (AvgIpc) is 3.39. The molecule has 0 bridgehead atoms. The monoisotopic (exact) mass is 398 g/mol. The topological polar surface area (TPSA) is 108 Å². The van der Waals surface area contributed by atoms with Crippen molar-refractivity contribution in [3.63, 3.8) is 0 Å². The third kappa shape index (κ3) is 3.71. The summed E-state index contributed by atoms with van der Waals surface area (Å²) in [5, 5.41) is 6.40. The molecule has 4 rings (SSSR count). The molecular formula is C21H26N4O4. The molecule has 5 amide bonds. The van der Waals surface area contributed by atoms with Gasteiger partial charge in [0.1, 0.15) is 5.54 Å². The molecule has 1 saturated heterocycles. The first-order valence-corrected chi connectivity index (χ1v) is 10.2. The van der Waals surface area contributed by atoms with Gasteiger partial charge in [-0.1, -0.05) is 13.8 Å². The van der Waals surface area contributed by atoms with Gasteiger partial charge in [0.25, 0.3) is 11.8 Å². The van der Waals surface area contributed by atoms with Crippen LogP contribution in [0, 0.1) is 17.8 Å². The van der Waals surface area contributed by atoms with E-state index in [1.807, 2.05) is 6.92 Å². The third-order valence-corrected chi connectivity index (χ3v) is 6.36. The van der Waals surface area contributed by atoms with Crippen LogP contribution in [0.3, 0.4) is 0 Å². The number of nitrogens with zero attached hydrogens (tertiary/aromatic N) is 1. The lowest BCUT2D eigenvalue weighted by molar-refractivity contribution is -0.134. The summed E-state index contributed by atoms with van der Waals surface area (Å²) in [6.45, 7) is 4.16. The molecule has 1 aliphatic heterocycles. The number of rotatable bonds is 4. The highest BCUT2D eigenvalue weighted by Gasteiger charge is 2.52. The van der Waals surface area contributed by atoms with E-state index >= 15 is 0 Å². The fraction of sp³-hybridized carbons (Fsp3) is 0.524. The van der Waals surface area contributed by atoms with Crippen molar-refractivity contribution in [1.82, 2.24) is 15.8 Å². The Kier molecular flexibility index (Phi) is 4.80. The van der Waals surface area contributed by atoms with Crippen molar-refractivity contribution in [3.8, 4) is 0 Å². The average molecular weight is 398 g/mol. The van der Waals surface area contributed by atoms with Crippen LogP contribution in [0.5, 0.6) is 0 Å². The molecule has 29 heavy (non-hydrogen) atoms. The molecule has 8 heteroatoms. The molecule has 1 aromatic rings. The summed E-state index contributed by atoms with van der Waals surface area (Å²) in [7, 11) is 0. The zero-order valence-corrected chi connectivity index (χ0v) is 16.7. The number of nitrogens with one attached hydrogen (secondary N) is 3. The molecule has 2 atom stereocenters. The molecular weight excluding hydrogens is 372 g/mol. The summed E-state index contributed by atoms with van der Waals surface area (Å²) in [5.41, 5.74) is 2.42. The van der Waals surface area contributed by atoms with E-state index in [9.17, 15) is 19.2 Å². The Labute approximate surface area is 169 Å². The predicted octanol–water partition coefficient (Wildman–Crippen LogP) is 2.43. The van der Waals surface area contributed by atoms with Crippen LogP contribution in [0.1, 0.15) is 56.3 Å². The summed E-state index contributed by atoms with van der Waals surface area (Å²) in [6, 6.07) is 5.78.